The number of nitrogens with one attached hydrogen (secondary N) is 1. The number of amides is 1. The second-order valence-corrected chi connectivity index (χ2v) is 8.43. The van der Waals surface area contributed by atoms with Crippen molar-refractivity contribution in [3.63, 3.8) is 0 Å². The van der Waals surface area contributed by atoms with E-state index in [9.17, 15) is 4.79 Å². The van der Waals surface area contributed by atoms with E-state index in [0.29, 0.717) is 6.61 Å². The lowest BCUT2D eigenvalue weighted by molar-refractivity contribution is -0.121. The number of hydrogen-bond donors (Lipinski definition) is 1. The maximum absolute atomic E-state index is 13.0. The molecule has 4 aromatic rings. The second-order valence-electron chi connectivity index (χ2n) is 7.57. The van der Waals surface area contributed by atoms with E-state index in [1.165, 1.54) is 16.9 Å². The molecule has 0 aliphatic carbocycles. The molecule has 3 aromatic carbocycles. The zero-order valence-corrected chi connectivity index (χ0v) is 19.1. The van der Waals surface area contributed by atoms with Gasteiger partial charge < -0.3 is 10.1 Å². The Bertz CT molecular complexity index is 1170. The SMILES string of the molecule is CCOc1ccccc1-c1nc(CC(=O)NC(c2ccccc2)c2ccc(C)cc2)cs1. The van der Waals surface area contributed by atoms with E-state index < -0.39 is 0 Å². The lowest BCUT2D eigenvalue weighted by atomic mass is 9.97. The van der Waals surface area contributed by atoms with Crippen LogP contribution in [0.3, 0.4) is 0 Å². The Hall–Kier alpha value is -3.44. The first kappa shape index (κ1) is 21.8. The van der Waals surface area contributed by atoms with Crippen LogP contribution in [0.25, 0.3) is 10.6 Å². The predicted octanol–water partition coefficient (Wildman–Crippen LogP) is 5.97. The lowest BCUT2D eigenvalue weighted by Gasteiger charge is -2.20. The van der Waals surface area contributed by atoms with E-state index in [2.05, 4.69) is 36.5 Å². The van der Waals surface area contributed by atoms with Gasteiger partial charge in [0.1, 0.15) is 10.8 Å². The number of ether oxygens (including phenoxy) is 1. The summed E-state index contributed by atoms with van der Waals surface area (Å²) in [6.07, 6.45) is 0.225. The van der Waals surface area contributed by atoms with Crippen molar-refractivity contribution in [1.82, 2.24) is 10.3 Å². The van der Waals surface area contributed by atoms with Gasteiger partial charge in [-0.2, -0.15) is 0 Å². The third kappa shape index (κ3) is 5.24. The maximum atomic E-state index is 13.0. The van der Waals surface area contributed by atoms with E-state index >= 15 is 0 Å². The number of benzene rings is 3. The molecule has 0 bridgehead atoms. The minimum Gasteiger partial charge on any atom is -0.493 e. The number of aryl methyl sites for hydroxylation is 1. The smallest absolute Gasteiger partial charge is 0.226 e. The molecular formula is C27H26N2O2S. The molecular weight excluding hydrogens is 416 g/mol. The summed E-state index contributed by atoms with van der Waals surface area (Å²) in [5.41, 5.74) is 5.00. The molecule has 1 heterocycles. The summed E-state index contributed by atoms with van der Waals surface area (Å²) in [5, 5.41) is 6.00. The lowest BCUT2D eigenvalue weighted by Crippen LogP contribution is -2.30. The molecule has 4 nitrogen and oxygen atoms in total. The molecule has 1 N–H and O–H groups in total. The predicted molar refractivity (Wildman–Crippen MR) is 130 cm³/mol. The second kappa shape index (κ2) is 10.2. The number of para-hydroxylation sites is 1. The highest BCUT2D eigenvalue weighted by Crippen LogP contribution is 2.32. The number of rotatable bonds is 8. The number of thiazole rings is 1. The van der Waals surface area contributed by atoms with E-state index in [-0.39, 0.29) is 18.4 Å². The van der Waals surface area contributed by atoms with Gasteiger partial charge in [0.05, 0.1) is 30.3 Å². The number of aromatic nitrogens is 1. The van der Waals surface area contributed by atoms with Crippen molar-refractivity contribution in [2.24, 2.45) is 0 Å². The Morgan fingerprint density at radius 3 is 2.41 bits per heavy atom. The fourth-order valence-electron chi connectivity index (χ4n) is 3.58. The van der Waals surface area contributed by atoms with Crippen LogP contribution in [0.5, 0.6) is 5.75 Å². The van der Waals surface area contributed by atoms with Crippen molar-refractivity contribution < 1.29 is 9.53 Å². The molecule has 1 atom stereocenters. The zero-order valence-electron chi connectivity index (χ0n) is 18.2. The largest absolute Gasteiger partial charge is 0.493 e. The van der Waals surface area contributed by atoms with Gasteiger partial charge >= 0.3 is 0 Å². The Morgan fingerprint density at radius 1 is 0.969 bits per heavy atom. The Morgan fingerprint density at radius 2 is 1.66 bits per heavy atom. The molecule has 0 aliphatic rings. The van der Waals surface area contributed by atoms with Crippen LogP contribution >= 0.6 is 11.3 Å². The molecule has 32 heavy (non-hydrogen) atoms. The normalized spacial score (nSPS) is 11.7. The molecule has 0 radical (unpaired) electrons. The molecule has 0 saturated heterocycles. The van der Waals surface area contributed by atoms with E-state index in [1.54, 1.807) is 0 Å². The van der Waals surface area contributed by atoms with Gasteiger partial charge in [-0.05, 0) is 37.1 Å². The molecule has 1 amide bonds. The van der Waals surface area contributed by atoms with Crippen LogP contribution in [0.4, 0.5) is 0 Å². The summed E-state index contributed by atoms with van der Waals surface area (Å²) in [7, 11) is 0. The van der Waals surface area contributed by atoms with Crippen LogP contribution in [0.15, 0.2) is 84.2 Å². The van der Waals surface area contributed by atoms with Crippen molar-refractivity contribution in [2.45, 2.75) is 26.3 Å². The molecule has 5 heteroatoms. The summed E-state index contributed by atoms with van der Waals surface area (Å²) >= 11 is 1.53. The molecule has 0 fully saturated rings. The first-order valence-corrected chi connectivity index (χ1v) is 11.6. The standard InChI is InChI=1S/C27H26N2O2S/c1-3-31-24-12-8-7-11-23(24)27-28-22(18-32-27)17-25(30)29-26(20-9-5-4-6-10-20)21-15-13-19(2)14-16-21/h4-16,18,26H,3,17H2,1-2H3,(H,29,30). The van der Waals surface area contributed by atoms with Crippen LogP contribution in [0.1, 0.15) is 35.3 Å². The van der Waals surface area contributed by atoms with Gasteiger partial charge in [-0.15, -0.1) is 11.3 Å². The molecule has 162 valence electrons. The van der Waals surface area contributed by atoms with Crippen molar-refractivity contribution in [3.05, 3.63) is 107 Å². The Labute approximate surface area is 192 Å². The molecule has 1 aromatic heterocycles. The Balaban J connectivity index is 1.51. The number of carbonyl (C=O) groups is 1. The third-order valence-electron chi connectivity index (χ3n) is 5.16. The zero-order chi connectivity index (χ0) is 22.3. The van der Waals surface area contributed by atoms with Gasteiger partial charge in [0.25, 0.3) is 0 Å². The highest BCUT2D eigenvalue weighted by atomic mass is 32.1. The fraction of sp³-hybridized carbons (Fsp3) is 0.185. The maximum Gasteiger partial charge on any atom is 0.226 e. The van der Waals surface area contributed by atoms with Gasteiger partial charge in [-0.1, -0.05) is 72.3 Å². The summed E-state index contributed by atoms with van der Waals surface area (Å²) in [4.78, 5) is 17.7. The summed E-state index contributed by atoms with van der Waals surface area (Å²) in [6, 6.07) is 26.0. The first-order chi connectivity index (χ1) is 15.6. The van der Waals surface area contributed by atoms with E-state index in [0.717, 1.165) is 33.1 Å². The van der Waals surface area contributed by atoms with Crippen LogP contribution < -0.4 is 10.1 Å². The van der Waals surface area contributed by atoms with Gasteiger partial charge in [-0.3, -0.25) is 4.79 Å². The van der Waals surface area contributed by atoms with Crippen molar-refractivity contribution >= 4 is 17.2 Å². The van der Waals surface area contributed by atoms with Gasteiger partial charge in [0, 0.05) is 5.38 Å². The summed E-state index contributed by atoms with van der Waals surface area (Å²) in [5.74, 6) is 0.748. The minimum absolute atomic E-state index is 0.0608. The van der Waals surface area contributed by atoms with Crippen LogP contribution in [-0.2, 0) is 11.2 Å². The summed E-state index contributed by atoms with van der Waals surface area (Å²) < 4.78 is 5.73. The third-order valence-corrected chi connectivity index (χ3v) is 6.08. The summed E-state index contributed by atoms with van der Waals surface area (Å²) in [6.45, 7) is 4.62. The molecule has 4 rings (SSSR count). The van der Waals surface area contributed by atoms with Crippen LogP contribution in [-0.4, -0.2) is 17.5 Å². The van der Waals surface area contributed by atoms with Crippen molar-refractivity contribution in [3.8, 4) is 16.3 Å². The van der Waals surface area contributed by atoms with E-state index in [1.807, 2.05) is 66.9 Å². The van der Waals surface area contributed by atoms with E-state index in [4.69, 9.17) is 9.72 Å². The first-order valence-electron chi connectivity index (χ1n) is 10.7. The Kier molecular flexibility index (Phi) is 6.97. The van der Waals surface area contributed by atoms with Gasteiger partial charge in [0.2, 0.25) is 5.91 Å². The number of carbonyl (C=O) groups excluding carboxylic acids is 1. The highest BCUT2D eigenvalue weighted by molar-refractivity contribution is 7.13. The van der Waals surface area contributed by atoms with Gasteiger partial charge in [0.15, 0.2) is 0 Å². The van der Waals surface area contributed by atoms with Crippen molar-refractivity contribution in [1.29, 1.82) is 0 Å². The minimum atomic E-state index is -0.207. The molecule has 0 saturated carbocycles. The van der Waals surface area contributed by atoms with Gasteiger partial charge in [-0.25, -0.2) is 4.98 Å². The van der Waals surface area contributed by atoms with Crippen LogP contribution in [0.2, 0.25) is 0 Å². The molecule has 0 aliphatic heterocycles. The monoisotopic (exact) mass is 442 g/mol. The topological polar surface area (TPSA) is 51.2 Å². The average Bonchev–Trinajstić information content (AvgIpc) is 3.27. The van der Waals surface area contributed by atoms with Crippen molar-refractivity contribution in [2.75, 3.05) is 6.61 Å². The number of nitrogens with zero attached hydrogens (tertiary/aromatic N) is 1. The molecule has 0 spiro atoms. The quantitative estimate of drug-likeness (QED) is 0.366. The molecule has 1 unspecified atom stereocenters. The van der Waals surface area contributed by atoms with Crippen LogP contribution in [0, 0.1) is 6.92 Å². The average molecular weight is 443 g/mol. The highest BCUT2D eigenvalue weighted by Gasteiger charge is 2.18. The fourth-order valence-corrected chi connectivity index (χ4v) is 4.43. The number of hydrogen-bond acceptors (Lipinski definition) is 4.